The summed E-state index contributed by atoms with van der Waals surface area (Å²) in [5.74, 6) is 5.40. The highest BCUT2D eigenvalue weighted by Gasteiger charge is 2.38. The third kappa shape index (κ3) is 3.07. The molecule has 1 aromatic carbocycles. The molecule has 18 heavy (non-hydrogen) atoms. The van der Waals surface area contributed by atoms with Crippen molar-refractivity contribution in [3.05, 3.63) is 35.6 Å². The second-order valence-corrected chi connectivity index (χ2v) is 5.14. The van der Waals surface area contributed by atoms with E-state index in [0.29, 0.717) is 0 Å². The molecule has 0 radical (unpaired) electrons. The molecule has 100 valence electrons. The smallest absolute Gasteiger partial charge is 0.123 e. The number of methoxy groups -OCH3 is 1. The minimum Gasteiger partial charge on any atom is -0.378 e. The zero-order valence-corrected chi connectivity index (χ0v) is 10.8. The van der Waals surface area contributed by atoms with E-state index >= 15 is 0 Å². The Morgan fingerprint density at radius 1 is 1.50 bits per heavy atom. The molecule has 0 heterocycles. The van der Waals surface area contributed by atoms with Gasteiger partial charge in [0.2, 0.25) is 0 Å². The van der Waals surface area contributed by atoms with Gasteiger partial charge in [0, 0.05) is 13.2 Å². The van der Waals surface area contributed by atoms with Gasteiger partial charge < -0.3 is 4.74 Å². The average molecular weight is 252 g/mol. The summed E-state index contributed by atoms with van der Waals surface area (Å²) in [4.78, 5) is 0. The molecule has 0 saturated heterocycles. The number of hydrogen-bond donors (Lipinski definition) is 2. The molecule has 3 N–H and O–H groups in total. The van der Waals surface area contributed by atoms with Crippen molar-refractivity contribution in [2.24, 2.45) is 5.84 Å². The number of hydrazine groups is 1. The van der Waals surface area contributed by atoms with Gasteiger partial charge in [0.05, 0.1) is 5.60 Å². The molecule has 0 bridgehead atoms. The summed E-state index contributed by atoms with van der Waals surface area (Å²) in [7, 11) is 1.76. The van der Waals surface area contributed by atoms with Gasteiger partial charge in [-0.2, -0.15) is 0 Å². The zero-order chi connectivity index (χ0) is 13.0. The van der Waals surface area contributed by atoms with Crippen molar-refractivity contribution >= 4 is 0 Å². The van der Waals surface area contributed by atoms with E-state index in [1.807, 2.05) is 6.07 Å². The van der Waals surface area contributed by atoms with Gasteiger partial charge in [0.15, 0.2) is 0 Å². The topological polar surface area (TPSA) is 47.3 Å². The lowest BCUT2D eigenvalue weighted by Gasteiger charge is -2.42. The zero-order valence-electron chi connectivity index (χ0n) is 10.8. The lowest BCUT2D eigenvalue weighted by Crippen LogP contribution is -2.48. The van der Waals surface area contributed by atoms with Crippen LogP contribution in [-0.4, -0.2) is 18.8 Å². The van der Waals surface area contributed by atoms with Crippen LogP contribution in [0.15, 0.2) is 24.3 Å². The van der Waals surface area contributed by atoms with Gasteiger partial charge in [-0.15, -0.1) is 0 Å². The van der Waals surface area contributed by atoms with Crippen LogP contribution in [0, 0.1) is 5.82 Å². The van der Waals surface area contributed by atoms with Crippen LogP contribution in [-0.2, 0) is 11.2 Å². The summed E-state index contributed by atoms with van der Waals surface area (Å²) in [5, 5.41) is 0. The summed E-state index contributed by atoms with van der Waals surface area (Å²) in [6, 6.07) is 6.79. The largest absolute Gasteiger partial charge is 0.378 e. The van der Waals surface area contributed by atoms with Gasteiger partial charge in [-0.1, -0.05) is 12.1 Å². The van der Waals surface area contributed by atoms with Crippen molar-refractivity contribution in [1.82, 2.24) is 5.43 Å². The van der Waals surface area contributed by atoms with Crippen LogP contribution in [0.4, 0.5) is 4.39 Å². The van der Waals surface area contributed by atoms with Crippen molar-refractivity contribution in [2.45, 2.75) is 43.7 Å². The van der Waals surface area contributed by atoms with Gasteiger partial charge in [-0.25, -0.2) is 4.39 Å². The Kier molecular flexibility index (Phi) is 4.32. The summed E-state index contributed by atoms with van der Waals surface area (Å²) in [5.41, 5.74) is 3.76. The van der Waals surface area contributed by atoms with Crippen molar-refractivity contribution in [2.75, 3.05) is 7.11 Å². The predicted molar refractivity (Wildman–Crippen MR) is 69.4 cm³/mol. The summed E-state index contributed by atoms with van der Waals surface area (Å²) in [6.07, 6.45) is 4.98. The van der Waals surface area contributed by atoms with E-state index in [1.165, 1.54) is 12.5 Å². The molecule has 2 rings (SSSR count). The van der Waals surface area contributed by atoms with E-state index in [1.54, 1.807) is 19.2 Å². The molecular formula is C14H21FN2O. The Hall–Kier alpha value is -0.970. The molecule has 1 fully saturated rings. The first kappa shape index (κ1) is 13.5. The van der Waals surface area contributed by atoms with E-state index in [0.717, 1.165) is 31.2 Å². The number of ether oxygens (including phenoxy) is 1. The first-order valence-corrected chi connectivity index (χ1v) is 6.43. The second kappa shape index (κ2) is 5.78. The van der Waals surface area contributed by atoms with Gasteiger partial charge in [-0.05, 0) is 49.8 Å². The molecule has 3 nitrogen and oxygen atoms in total. The van der Waals surface area contributed by atoms with Crippen LogP contribution >= 0.6 is 0 Å². The molecule has 4 heteroatoms. The fraction of sp³-hybridized carbons (Fsp3) is 0.571. The molecule has 1 aromatic rings. The highest BCUT2D eigenvalue weighted by atomic mass is 19.1. The number of halogens is 1. The van der Waals surface area contributed by atoms with Crippen LogP contribution in [0.3, 0.4) is 0 Å². The van der Waals surface area contributed by atoms with Crippen molar-refractivity contribution in [1.29, 1.82) is 0 Å². The molecule has 0 aromatic heterocycles. The van der Waals surface area contributed by atoms with Crippen LogP contribution in [0.5, 0.6) is 0 Å². The summed E-state index contributed by atoms with van der Waals surface area (Å²) >= 11 is 0. The maximum absolute atomic E-state index is 13.1. The second-order valence-electron chi connectivity index (χ2n) is 5.14. The van der Waals surface area contributed by atoms with E-state index < -0.39 is 0 Å². The Labute approximate surface area is 107 Å². The fourth-order valence-corrected chi connectivity index (χ4v) is 2.65. The minimum absolute atomic E-state index is 0.0235. The van der Waals surface area contributed by atoms with Gasteiger partial charge in [-0.3, -0.25) is 11.3 Å². The summed E-state index contributed by atoms with van der Waals surface area (Å²) in [6.45, 7) is 0. The van der Waals surface area contributed by atoms with Gasteiger partial charge >= 0.3 is 0 Å². The molecular weight excluding hydrogens is 231 g/mol. The quantitative estimate of drug-likeness (QED) is 0.602. The number of rotatable bonds is 6. The molecule has 1 unspecified atom stereocenters. The first-order valence-electron chi connectivity index (χ1n) is 6.43. The van der Waals surface area contributed by atoms with Gasteiger partial charge in [0.25, 0.3) is 0 Å². The molecule has 1 atom stereocenters. The lowest BCUT2D eigenvalue weighted by molar-refractivity contribution is -0.0834. The lowest BCUT2D eigenvalue weighted by atomic mass is 9.75. The Bertz CT molecular complexity index is 388. The van der Waals surface area contributed by atoms with E-state index in [2.05, 4.69) is 5.43 Å². The van der Waals surface area contributed by atoms with E-state index in [9.17, 15) is 4.39 Å². The third-order valence-corrected chi connectivity index (χ3v) is 3.92. The van der Waals surface area contributed by atoms with Crippen LogP contribution in [0.25, 0.3) is 0 Å². The number of benzene rings is 1. The minimum atomic E-state index is -0.201. The average Bonchev–Trinajstić information content (AvgIpc) is 2.32. The molecule has 0 spiro atoms. The molecule has 0 aliphatic heterocycles. The highest BCUT2D eigenvalue weighted by molar-refractivity contribution is 5.17. The van der Waals surface area contributed by atoms with Crippen molar-refractivity contribution in [3.8, 4) is 0 Å². The Balaban J connectivity index is 1.97. The first-order chi connectivity index (χ1) is 8.67. The SMILES string of the molecule is COC1(CC(Cc2cccc(F)c2)NN)CCC1. The van der Waals surface area contributed by atoms with Crippen LogP contribution < -0.4 is 11.3 Å². The fourth-order valence-electron chi connectivity index (χ4n) is 2.65. The molecule has 1 saturated carbocycles. The predicted octanol–water partition coefficient (Wildman–Crippen LogP) is 2.16. The summed E-state index contributed by atoms with van der Waals surface area (Å²) < 4.78 is 18.7. The Morgan fingerprint density at radius 3 is 2.78 bits per heavy atom. The third-order valence-electron chi connectivity index (χ3n) is 3.92. The van der Waals surface area contributed by atoms with E-state index in [-0.39, 0.29) is 17.5 Å². The van der Waals surface area contributed by atoms with Crippen molar-refractivity contribution in [3.63, 3.8) is 0 Å². The molecule has 0 amide bonds. The van der Waals surface area contributed by atoms with Gasteiger partial charge in [0.1, 0.15) is 5.82 Å². The van der Waals surface area contributed by atoms with Crippen molar-refractivity contribution < 1.29 is 9.13 Å². The monoisotopic (exact) mass is 252 g/mol. The maximum atomic E-state index is 13.1. The van der Waals surface area contributed by atoms with Crippen LogP contribution in [0.2, 0.25) is 0 Å². The molecule has 1 aliphatic carbocycles. The number of nitrogens with two attached hydrogens (primary N) is 1. The Morgan fingerprint density at radius 2 is 2.28 bits per heavy atom. The standard InChI is InChI=1S/C14H21FN2O/c1-18-14(6-3-7-14)10-13(17-16)9-11-4-2-5-12(15)8-11/h2,4-5,8,13,17H,3,6-7,9-10,16H2,1H3. The van der Waals surface area contributed by atoms with Crippen LogP contribution in [0.1, 0.15) is 31.2 Å². The highest BCUT2D eigenvalue weighted by Crippen LogP contribution is 2.39. The molecule has 1 aliphatic rings. The van der Waals surface area contributed by atoms with E-state index in [4.69, 9.17) is 10.6 Å². The maximum Gasteiger partial charge on any atom is 0.123 e. The number of hydrogen-bond acceptors (Lipinski definition) is 3. The normalized spacial score (nSPS) is 19.3. The number of nitrogens with one attached hydrogen (secondary N) is 1.